The van der Waals surface area contributed by atoms with E-state index in [1.54, 1.807) is 34.8 Å². The molecule has 1 atom stereocenters. The summed E-state index contributed by atoms with van der Waals surface area (Å²) in [6.45, 7) is 2.39. The van der Waals surface area contributed by atoms with Gasteiger partial charge in [-0.15, -0.1) is 5.10 Å². The minimum atomic E-state index is -3.25. The molecule has 0 bridgehead atoms. The van der Waals surface area contributed by atoms with Gasteiger partial charge < -0.3 is 4.90 Å². The Balaban J connectivity index is 1.61. The van der Waals surface area contributed by atoms with Crippen molar-refractivity contribution in [1.29, 1.82) is 0 Å². The van der Waals surface area contributed by atoms with E-state index in [9.17, 15) is 13.2 Å². The number of carbonyl (C=O) groups excluding carboxylic acids is 1. The summed E-state index contributed by atoms with van der Waals surface area (Å²) in [7, 11) is -1.54. The highest BCUT2D eigenvalue weighted by Crippen LogP contribution is 2.29. The topological polar surface area (TPSA) is 87.9 Å². The Hall–Kier alpha value is -2.94. The molecular formula is C19H21N5O3S. The van der Waals surface area contributed by atoms with Crippen LogP contribution >= 0.6 is 0 Å². The fourth-order valence-corrected chi connectivity index (χ4v) is 4.99. The number of carbonyl (C=O) groups is 1. The zero-order chi connectivity index (χ0) is 19.9. The molecule has 0 spiro atoms. The van der Waals surface area contributed by atoms with Gasteiger partial charge in [0.25, 0.3) is 5.91 Å². The van der Waals surface area contributed by atoms with Crippen molar-refractivity contribution in [2.24, 2.45) is 0 Å². The van der Waals surface area contributed by atoms with Crippen LogP contribution in [0.25, 0.3) is 5.52 Å². The smallest absolute Gasteiger partial charge is 0.276 e. The van der Waals surface area contributed by atoms with Crippen LogP contribution < -0.4 is 4.31 Å². The molecule has 1 saturated heterocycles. The first kappa shape index (κ1) is 18.4. The van der Waals surface area contributed by atoms with Gasteiger partial charge in [-0.2, -0.15) is 0 Å². The molecule has 8 nitrogen and oxygen atoms in total. The number of fused-ring (bicyclic) bond motifs is 1. The van der Waals surface area contributed by atoms with E-state index in [4.69, 9.17) is 0 Å². The molecule has 3 aromatic rings. The van der Waals surface area contributed by atoms with Crippen molar-refractivity contribution in [2.45, 2.75) is 19.4 Å². The van der Waals surface area contributed by atoms with Crippen molar-refractivity contribution >= 4 is 27.1 Å². The Morgan fingerprint density at radius 1 is 1.21 bits per heavy atom. The zero-order valence-electron chi connectivity index (χ0n) is 15.7. The van der Waals surface area contributed by atoms with E-state index in [1.807, 2.05) is 37.3 Å². The van der Waals surface area contributed by atoms with E-state index in [0.717, 1.165) is 5.56 Å². The molecule has 146 valence electrons. The third-order valence-electron chi connectivity index (χ3n) is 5.17. The van der Waals surface area contributed by atoms with Crippen LogP contribution in [-0.2, 0) is 10.0 Å². The maximum atomic E-state index is 13.0. The molecular weight excluding hydrogens is 378 g/mol. The fraction of sp³-hybridized carbons (Fsp3) is 0.316. The maximum absolute atomic E-state index is 13.0. The van der Waals surface area contributed by atoms with Gasteiger partial charge in [0.2, 0.25) is 10.0 Å². The molecule has 0 N–H and O–H groups in total. The van der Waals surface area contributed by atoms with Crippen LogP contribution in [0.4, 0.5) is 5.69 Å². The lowest BCUT2D eigenvalue weighted by molar-refractivity contribution is 0.0738. The second-order valence-electron chi connectivity index (χ2n) is 6.90. The number of hydrogen-bond donors (Lipinski definition) is 0. The Morgan fingerprint density at radius 3 is 2.79 bits per heavy atom. The van der Waals surface area contributed by atoms with Crippen molar-refractivity contribution < 1.29 is 13.2 Å². The Labute approximate surface area is 163 Å². The first-order chi connectivity index (χ1) is 13.4. The monoisotopic (exact) mass is 399 g/mol. The van der Waals surface area contributed by atoms with Gasteiger partial charge >= 0.3 is 0 Å². The van der Waals surface area contributed by atoms with Crippen LogP contribution in [0.3, 0.4) is 0 Å². The first-order valence-corrected chi connectivity index (χ1v) is 10.7. The average molecular weight is 399 g/mol. The number of pyridine rings is 1. The highest BCUT2D eigenvalue weighted by Gasteiger charge is 2.29. The third-order valence-corrected chi connectivity index (χ3v) is 7.04. The second kappa shape index (κ2) is 6.90. The van der Waals surface area contributed by atoms with Crippen molar-refractivity contribution in [3.05, 3.63) is 59.9 Å². The van der Waals surface area contributed by atoms with E-state index < -0.39 is 10.0 Å². The maximum Gasteiger partial charge on any atom is 0.276 e. The lowest BCUT2D eigenvalue weighted by Crippen LogP contribution is -2.30. The molecule has 1 aromatic carbocycles. The predicted molar refractivity (Wildman–Crippen MR) is 106 cm³/mol. The minimum absolute atomic E-state index is 0.172. The van der Waals surface area contributed by atoms with Crippen molar-refractivity contribution in [3.8, 4) is 0 Å². The molecule has 4 rings (SSSR count). The molecule has 1 amide bonds. The Morgan fingerprint density at radius 2 is 2.04 bits per heavy atom. The number of hydrogen-bond acceptors (Lipinski definition) is 5. The summed E-state index contributed by atoms with van der Waals surface area (Å²) in [5.74, 6) is -0.0705. The van der Waals surface area contributed by atoms with E-state index >= 15 is 0 Å². The van der Waals surface area contributed by atoms with Crippen LogP contribution in [0.1, 0.15) is 35.4 Å². The first-order valence-electron chi connectivity index (χ1n) is 9.06. The van der Waals surface area contributed by atoms with Crippen LogP contribution in [0, 0.1) is 0 Å². The Bertz CT molecular complexity index is 1140. The van der Waals surface area contributed by atoms with E-state index in [0.29, 0.717) is 24.2 Å². The number of aromatic nitrogens is 3. The zero-order valence-corrected chi connectivity index (χ0v) is 16.5. The van der Waals surface area contributed by atoms with Gasteiger partial charge in [-0.25, -0.2) is 12.9 Å². The molecule has 1 fully saturated rings. The largest absolute Gasteiger partial charge is 0.333 e. The normalized spacial score (nSPS) is 17.0. The molecule has 0 aliphatic carbocycles. The number of amides is 1. The third kappa shape index (κ3) is 3.11. The van der Waals surface area contributed by atoms with Crippen LogP contribution in [0.2, 0.25) is 0 Å². The summed E-state index contributed by atoms with van der Waals surface area (Å²) in [5, 5.41) is 8.01. The molecule has 3 heterocycles. The fourth-order valence-electron chi connectivity index (χ4n) is 3.43. The summed E-state index contributed by atoms with van der Waals surface area (Å²) in [5.41, 5.74) is 2.42. The standard InChI is InChI=1S/C19H21N5O3S/c1-14(15-7-5-8-16(13-15)24-11-6-12-28(24,26)27)22(2)19(25)18-17-9-3-4-10-23(17)21-20-18/h3-5,7-10,13-14H,6,11-12H2,1-2H3. The van der Waals surface area contributed by atoms with Crippen molar-refractivity contribution in [2.75, 3.05) is 23.7 Å². The summed E-state index contributed by atoms with van der Waals surface area (Å²) < 4.78 is 27.4. The van der Waals surface area contributed by atoms with E-state index in [-0.39, 0.29) is 23.4 Å². The van der Waals surface area contributed by atoms with E-state index in [1.165, 1.54) is 4.31 Å². The minimum Gasteiger partial charge on any atom is -0.333 e. The van der Waals surface area contributed by atoms with Crippen LogP contribution in [0.15, 0.2) is 48.7 Å². The molecule has 28 heavy (non-hydrogen) atoms. The van der Waals surface area contributed by atoms with Gasteiger partial charge in [0, 0.05) is 19.8 Å². The second-order valence-corrected chi connectivity index (χ2v) is 8.91. The molecule has 1 unspecified atom stereocenters. The van der Waals surface area contributed by atoms with Gasteiger partial charge in [0.1, 0.15) is 0 Å². The molecule has 0 radical (unpaired) electrons. The molecule has 9 heteroatoms. The van der Waals surface area contributed by atoms with Gasteiger partial charge in [0.05, 0.1) is 23.0 Å². The quantitative estimate of drug-likeness (QED) is 0.670. The van der Waals surface area contributed by atoms with Gasteiger partial charge in [0.15, 0.2) is 5.69 Å². The molecule has 1 aliphatic rings. The SMILES string of the molecule is CC(c1cccc(N2CCCS2(=O)=O)c1)N(C)C(=O)c1nnn2ccccc12. The summed E-state index contributed by atoms with van der Waals surface area (Å²) in [4.78, 5) is 14.6. The summed E-state index contributed by atoms with van der Waals surface area (Å²) in [6, 6.07) is 12.5. The number of anilines is 1. The molecule has 0 saturated carbocycles. The van der Waals surface area contributed by atoms with Gasteiger partial charge in [-0.1, -0.05) is 23.4 Å². The van der Waals surface area contributed by atoms with Crippen molar-refractivity contribution in [1.82, 2.24) is 19.7 Å². The van der Waals surface area contributed by atoms with Crippen LogP contribution in [0.5, 0.6) is 0 Å². The number of nitrogens with zero attached hydrogens (tertiary/aromatic N) is 5. The lowest BCUT2D eigenvalue weighted by Gasteiger charge is -2.26. The molecule has 2 aromatic heterocycles. The highest BCUT2D eigenvalue weighted by molar-refractivity contribution is 7.93. The predicted octanol–water partition coefficient (Wildman–Crippen LogP) is 2.10. The lowest BCUT2D eigenvalue weighted by atomic mass is 10.1. The highest BCUT2D eigenvalue weighted by atomic mass is 32.2. The number of sulfonamides is 1. The number of rotatable bonds is 4. The van der Waals surface area contributed by atoms with Crippen molar-refractivity contribution in [3.63, 3.8) is 0 Å². The number of benzene rings is 1. The summed E-state index contributed by atoms with van der Waals surface area (Å²) in [6.07, 6.45) is 2.36. The summed E-state index contributed by atoms with van der Waals surface area (Å²) >= 11 is 0. The van der Waals surface area contributed by atoms with E-state index in [2.05, 4.69) is 10.3 Å². The Kier molecular flexibility index (Phi) is 4.54. The molecule has 1 aliphatic heterocycles. The average Bonchev–Trinajstić information content (AvgIpc) is 3.29. The van der Waals surface area contributed by atoms with Gasteiger partial charge in [-0.3, -0.25) is 9.10 Å². The van der Waals surface area contributed by atoms with Gasteiger partial charge in [-0.05, 0) is 43.2 Å². The van der Waals surface area contributed by atoms with Crippen LogP contribution in [-0.4, -0.2) is 53.4 Å².